The second-order valence-electron chi connectivity index (χ2n) is 2.82. The van der Waals surface area contributed by atoms with Crippen LogP contribution in [0.4, 0.5) is 0 Å². The first-order valence-electron chi connectivity index (χ1n) is 3.30. The topological polar surface area (TPSA) is 66.5 Å². The molecule has 0 amide bonds. The van der Waals surface area contributed by atoms with Crippen molar-refractivity contribution in [1.82, 2.24) is 0 Å². The summed E-state index contributed by atoms with van der Waals surface area (Å²) in [5, 5.41) is 0. The van der Waals surface area contributed by atoms with Crippen molar-refractivity contribution in [3.63, 3.8) is 0 Å². The maximum Gasteiger partial charge on any atom is 0.332 e. The summed E-state index contributed by atoms with van der Waals surface area (Å²) in [6.07, 6.45) is 1.58. The van der Waals surface area contributed by atoms with E-state index in [1.54, 1.807) is 0 Å². The highest BCUT2D eigenvalue weighted by atomic mass is 28.4. The lowest BCUT2D eigenvalue weighted by atomic mass is 10.2. The monoisotopic (exact) mass is 147 g/mol. The Kier molecular flexibility index (Phi) is 1.90. The van der Waals surface area contributed by atoms with Crippen LogP contribution in [0.25, 0.3) is 0 Å². The van der Waals surface area contributed by atoms with Gasteiger partial charge in [0.15, 0.2) is 0 Å². The summed E-state index contributed by atoms with van der Waals surface area (Å²) in [7, 11) is -2.71. The zero-order chi connectivity index (χ0) is 6.91. The molecule has 0 aromatic rings. The molecule has 1 rings (SSSR count). The summed E-state index contributed by atoms with van der Waals surface area (Å²) in [6.45, 7) is 0. The van der Waals surface area contributed by atoms with Crippen LogP contribution < -0.4 is 5.73 Å². The molecular formula is C5H13NO2Si. The molecule has 1 fully saturated rings. The highest BCUT2D eigenvalue weighted by Crippen LogP contribution is 2.22. The van der Waals surface area contributed by atoms with Crippen molar-refractivity contribution in [1.29, 1.82) is 0 Å². The van der Waals surface area contributed by atoms with Gasteiger partial charge in [0.05, 0.1) is 0 Å². The predicted octanol–water partition coefficient (Wildman–Crippen LogP) is -0.466. The largest absolute Gasteiger partial charge is 0.411 e. The van der Waals surface area contributed by atoms with Crippen LogP contribution >= 0.6 is 0 Å². The van der Waals surface area contributed by atoms with Crippen LogP contribution in [-0.4, -0.2) is 24.2 Å². The van der Waals surface area contributed by atoms with Gasteiger partial charge >= 0.3 is 8.56 Å². The van der Waals surface area contributed by atoms with Crippen LogP contribution in [0.2, 0.25) is 12.1 Å². The maximum absolute atomic E-state index is 9.13. The van der Waals surface area contributed by atoms with Crippen LogP contribution in [-0.2, 0) is 0 Å². The molecule has 54 valence electrons. The normalized spacial score (nSPS) is 28.3. The first-order chi connectivity index (χ1) is 4.10. The lowest BCUT2D eigenvalue weighted by Gasteiger charge is -2.26. The van der Waals surface area contributed by atoms with E-state index >= 15 is 0 Å². The van der Waals surface area contributed by atoms with Gasteiger partial charge < -0.3 is 15.3 Å². The minimum atomic E-state index is -2.71. The Morgan fingerprint density at radius 2 is 1.67 bits per heavy atom. The van der Waals surface area contributed by atoms with Gasteiger partial charge in [-0.3, -0.25) is 0 Å². The highest BCUT2D eigenvalue weighted by molar-refractivity contribution is 6.64. The summed E-state index contributed by atoms with van der Waals surface area (Å²) in [6, 6.07) is 1.34. The summed E-state index contributed by atoms with van der Waals surface area (Å²) >= 11 is 0. The molecule has 0 aliphatic carbocycles. The molecular weight excluding hydrogens is 134 g/mol. The van der Waals surface area contributed by atoms with E-state index in [0.717, 1.165) is 12.8 Å². The van der Waals surface area contributed by atoms with Gasteiger partial charge in [-0.2, -0.15) is 0 Å². The Morgan fingerprint density at radius 3 is 2.00 bits per heavy atom. The molecule has 0 bridgehead atoms. The second-order valence-corrected chi connectivity index (χ2v) is 5.78. The fourth-order valence-corrected chi connectivity index (χ4v) is 3.02. The molecule has 0 spiro atoms. The zero-order valence-electron chi connectivity index (χ0n) is 5.38. The average Bonchev–Trinajstić information content (AvgIpc) is 1.78. The van der Waals surface area contributed by atoms with Gasteiger partial charge in [-0.25, -0.2) is 0 Å². The van der Waals surface area contributed by atoms with Crippen molar-refractivity contribution in [2.75, 3.05) is 0 Å². The number of hydrogen-bond acceptors (Lipinski definition) is 3. The van der Waals surface area contributed by atoms with Crippen molar-refractivity contribution >= 4 is 8.56 Å². The minimum absolute atomic E-state index is 0.213. The van der Waals surface area contributed by atoms with Crippen LogP contribution in [0, 0.1) is 0 Å². The number of rotatable bonds is 0. The molecule has 4 N–H and O–H groups in total. The van der Waals surface area contributed by atoms with Crippen molar-refractivity contribution in [3.8, 4) is 0 Å². The van der Waals surface area contributed by atoms with Crippen molar-refractivity contribution < 1.29 is 9.59 Å². The summed E-state index contributed by atoms with van der Waals surface area (Å²) < 4.78 is 0. The zero-order valence-corrected chi connectivity index (χ0v) is 6.38. The Morgan fingerprint density at radius 1 is 1.22 bits per heavy atom. The van der Waals surface area contributed by atoms with Crippen molar-refractivity contribution in [3.05, 3.63) is 0 Å². The van der Waals surface area contributed by atoms with Gasteiger partial charge in [0, 0.05) is 6.04 Å². The Hall–Kier alpha value is 0.0969. The first kappa shape index (κ1) is 7.21. The Balaban J connectivity index is 2.35. The average molecular weight is 147 g/mol. The molecule has 0 aromatic heterocycles. The minimum Gasteiger partial charge on any atom is -0.411 e. The van der Waals surface area contributed by atoms with E-state index in [4.69, 9.17) is 15.3 Å². The standard InChI is InChI=1S/C5H13NO2Si/c6-5-1-3-9(7,8)4-2-5/h5,7-8H,1-4,6H2. The van der Waals surface area contributed by atoms with Crippen LogP contribution in [0.1, 0.15) is 12.8 Å². The lowest BCUT2D eigenvalue weighted by Crippen LogP contribution is -2.42. The van der Waals surface area contributed by atoms with Crippen molar-refractivity contribution in [2.45, 2.75) is 31.0 Å². The quantitative estimate of drug-likeness (QED) is 0.406. The molecule has 1 aliphatic rings. The lowest BCUT2D eigenvalue weighted by molar-refractivity contribution is 0.332. The third-order valence-electron chi connectivity index (χ3n) is 1.83. The van der Waals surface area contributed by atoms with Crippen molar-refractivity contribution in [2.24, 2.45) is 5.73 Å². The van der Waals surface area contributed by atoms with Gasteiger partial charge in [0.25, 0.3) is 0 Å². The maximum atomic E-state index is 9.13. The van der Waals surface area contributed by atoms with E-state index in [0.29, 0.717) is 12.1 Å². The van der Waals surface area contributed by atoms with E-state index < -0.39 is 8.56 Å². The molecule has 4 heteroatoms. The summed E-state index contributed by atoms with van der Waals surface area (Å²) in [5.41, 5.74) is 5.56. The predicted molar refractivity (Wildman–Crippen MR) is 37.0 cm³/mol. The molecule has 0 aromatic carbocycles. The van der Waals surface area contributed by atoms with E-state index in [1.165, 1.54) is 0 Å². The van der Waals surface area contributed by atoms with E-state index in [9.17, 15) is 0 Å². The van der Waals surface area contributed by atoms with E-state index in [-0.39, 0.29) is 6.04 Å². The van der Waals surface area contributed by atoms with Crippen LogP contribution in [0.3, 0.4) is 0 Å². The second kappa shape index (κ2) is 2.38. The molecule has 3 nitrogen and oxygen atoms in total. The van der Waals surface area contributed by atoms with Gasteiger partial charge in [0.2, 0.25) is 0 Å². The third-order valence-corrected chi connectivity index (χ3v) is 4.01. The van der Waals surface area contributed by atoms with Gasteiger partial charge in [-0.1, -0.05) is 0 Å². The third kappa shape index (κ3) is 2.06. The first-order valence-corrected chi connectivity index (χ1v) is 5.61. The number of hydrogen-bond donors (Lipinski definition) is 3. The van der Waals surface area contributed by atoms with Gasteiger partial charge in [-0.05, 0) is 24.9 Å². The van der Waals surface area contributed by atoms with Crippen LogP contribution in [0.5, 0.6) is 0 Å². The van der Waals surface area contributed by atoms with E-state index in [1.807, 2.05) is 0 Å². The van der Waals surface area contributed by atoms with Gasteiger partial charge in [-0.15, -0.1) is 0 Å². The molecule has 9 heavy (non-hydrogen) atoms. The smallest absolute Gasteiger partial charge is 0.332 e. The number of nitrogens with two attached hydrogens (primary N) is 1. The molecule has 0 saturated carbocycles. The molecule has 0 radical (unpaired) electrons. The fraction of sp³-hybridized carbons (Fsp3) is 1.00. The Labute approximate surface area is 55.7 Å². The fourth-order valence-electron chi connectivity index (χ4n) is 1.10. The summed E-state index contributed by atoms with van der Waals surface area (Å²) in [5.74, 6) is 0. The van der Waals surface area contributed by atoms with Gasteiger partial charge in [0.1, 0.15) is 0 Å². The highest BCUT2D eigenvalue weighted by Gasteiger charge is 2.33. The Bertz CT molecular complexity index is 97.1. The molecule has 1 aliphatic heterocycles. The SMILES string of the molecule is NC1CC[Si](O)(O)CC1. The molecule has 1 saturated heterocycles. The molecule has 0 unspecified atom stereocenters. The van der Waals surface area contributed by atoms with E-state index in [2.05, 4.69) is 0 Å². The van der Waals surface area contributed by atoms with Crippen LogP contribution in [0.15, 0.2) is 0 Å². The molecule has 0 atom stereocenters. The molecule has 1 heterocycles. The summed E-state index contributed by atoms with van der Waals surface area (Å²) in [4.78, 5) is 18.3.